The summed E-state index contributed by atoms with van der Waals surface area (Å²) in [5, 5.41) is 3.18. The van der Waals surface area contributed by atoms with E-state index in [-0.39, 0.29) is 5.56 Å². The maximum atomic E-state index is 11.7. The molecule has 0 amide bonds. The molecular weight excluding hydrogens is 184 g/mol. The summed E-state index contributed by atoms with van der Waals surface area (Å²) in [7, 11) is 0. The zero-order valence-corrected chi connectivity index (χ0v) is 8.62. The summed E-state index contributed by atoms with van der Waals surface area (Å²) in [5.41, 5.74) is 2.35. The maximum Gasteiger partial charge on any atom is 0.270 e. The Kier molecular flexibility index (Phi) is 2.49. The summed E-state index contributed by atoms with van der Waals surface area (Å²) in [6, 6.07) is 0. The third-order valence-electron chi connectivity index (χ3n) is 2.37. The van der Waals surface area contributed by atoms with Gasteiger partial charge in [-0.2, -0.15) is 11.8 Å². The number of thioether (sulfide) groups is 1. The van der Waals surface area contributed by atoms with Gasteiger partial charge in [0.2, 0.25) is 0 Å². The molecule has 0 unspecified atom stereocenters. The molecule has 0 spiro atoms. The number of H-pyrrole nitrogens is 1. The van der Waals surface area contributed by atoms with E-state index < -0.39 is 0 Å². The van der Waals surface area contributed by atoms with Gasteiger partial charge in [-0.15, -0.1) is 0 Å². The molecule has 0 atom stereocenters. The number of aryl methyl sites for hydroxylation is 1. The van der Waals surface area contributed by atoms with E-state index in [4.69, 9.17) is 0 Å². The summed E-state index contributed by atoms with van der Waals surface area (Å²) < 4.78 is 1.76. The van der Waals surface area contributed by atoms with E-state index in [1.54, 1.807) is 4.68 Å². The van der Waals surface area contributed by atoms with E-state index in [1.165, 1.54) is 0 Å². The number of hydrogen-bond acceptors (Lipinski definition) is 2. The van der Waals surface area contributed by atoms with Crippen molar-refractivity contribution >= 4 is 11.8 Å². The Morgan fingerprint density at radius 2 is 2.38 bits per heavy atom. The molecule has 0 saturated heterocycles. The lowest BCUT2D eigenvalue weighted by atomic mass is 10.3. The van der Waals surface area contributed by atoms with Crippen LogP contribution in [0.25, 0.3) is 0 Å². The van der Waals surface area contributed by atoms with Crippen LogP contribution in [0.15, 0.2) is 4.79 Å². The van der Waals surface area contributed by atoms with Crippen molar-refractivity contribution in [2.45, 2.75) is 37.8 Å². The lowest BCUT2D eigenvalue weighted by Crippen LogP contribution is -2.18. The van der Waals surface area contributed by atoms with E-state index in [0.717, 1.165) is 42.1 Å². The molecule has 0 aliphatic carbocycles. The van der Waals surface area contributed by atoms with Gasteiger partial charge in [-0.3, -0.25) is 14.6 Å². The smallest absolute Gasteiger partial charge is 0.270 e. The van der Waals surface area contributed by atoms with Crippen LogP contribution in [0.3, 0.4) is 0 Å². The van der Waals surface area contributed by atoms with Crippen molar-refractivity contribution in [3.8, 4) is 0 Å². The van der Waals surface area contributed by atoms with Crippen LogP contribution in [0.5, 0.6) is 0 Å². The highest BCUT2D eigenvalue weighted by Crippen LogP contribution is 2.25. The molecule has 0 aromatic carbocycles. The predicted octanol–water partition coefficient (Wildman–Crippen LogP) is 1.72. The molecule has 2 rings (SSSR count). The zero-order valence-electron chi connectivity index (χ0n) is 7.80. The highest BCUT2D eigenvalue weighted by atomic mass is 32.2. The number of aromatic amines is 1. The van der Waals surface area contributed by atoms with Crippen LogP contribution in [0.2, 0.25) is 0 Å². The second-order valence-corrected chi connectivity index (χ2v) is 4.36. The van der Waals surface area contributed by atoms with Crippen molar-refractivity contribution in [2.24, 2.45) is 0 Å². The van der Waals surface area contributed by atoms with E-state index in [1.807, 2.05) is 11.8 Å². The molecule has 72 valence electrons. The van der Waals surface area contributed by atoms with Crippen molar-refractivity contribution in [3.63, 3.8) is 0 Å². The highest BCUT2D eigenvalue weighted by Gasteiger charge is 2.18. The molecular formula is C9H14N2OS. The Bertz CT molecular complexity index is 353. The molecule has 2 heterocycles. The van der Waals surface area contributed by atoms with Crippen LogP contribution in [0.1, 0.15) is 31.0 Å². The minimum atomic E-state index is 0.202. The number of unbranched alkanes of at least 4 members (excludes halogenated alkanes) is 1. The second kappa shape index (κ2) is 3.62. The summed E-state index contributed by atoms with van der Waals surface area (Å²) in [5.74, 6) is 1.87. The van der Waals surface area contributed by atoms with Crippen molar-refractivity contribution in [1.82, 2.24) is 9.78 Å². The molecule has 3 nitrogen and oxygen atoms in total. The Hall–Kier alpha value is -0.640. The number of fused-ring (bicyclic) bond motifs is 1. The molecule has 1 aliphatic heterocycles. The third kappa shape index (κ3) is 1.55. The van der Waals surface area contributed by atoms with Crippen LogP contribution >= 0.6 is 11.8 Å². The van der Waals surface area contributed by atoms with Crippen LogP contribution in [0.4, 0.5) is 0 Å². The summed E-state index contributed by atoms with van der Waals surface area (Å²) >= 11 is 1.81. The van der Waals surface area contributed by atoms with Gasteiger partial charge >= 0.3 is 0 Å². The van der Waals surface area contributed by atoms with Crippen LogP contribution in [-0.2, 0) is 18.1 Å². The van der Waals surface area contributed by atoms with E-state index in [0.29, 0.717) is 0 Å². The van der Waals surface area contributed by atoms with Gasteiger partial charge in [0, 0.05) is 18.1 Å². The van der Waals surface area contributed by atoms with E-state index in [9.17, 15) is 4.79 Å². The van der Waals surface area contributed by atoms with Gasteiger partial charge in [-0.1, -0.05) is 13.3 Å². The fraction of sp³-hybridized carbons (Fsp3) is 0.667. The first-order valence-corrected chi connectivity index (χ1v) is 5.86. The molecule has 1 N–H and O–H groups in total. The molecule has 1 aliphatic rings. The molecule has 4 heteroatoms. The molecule has 0 radical (unpaired) electrons. The van der Waals surface area contributed by atoms with Crippen LogP contribution < -0.4 is 5.56 Å². The quantitative estimate of drug-likeness (QED) is 0.803. The molecule has 1 aromatic rings. The van der Waals surface area contributed by atoms with E-state index in [2.05, 4.69) is 12.0 Å². The van der Waals surface area contributed by atoms with Gasteiger partial charge in [0.15, 0.2) is 0 Å². The number of rotatable bonds is 3. The van der Waals surface area contributed by atoms with Gasteiger partial charge in [-0.05, 0) is 6.42 Å². The van der Waals surface area contributed by atoms with Gasteiger partial charge in [0.25, 0.3) is 5.56 Å². The van der Waals surface area contributed by atoms with Crippen molar-refractivity contribution in [3.05, 3.63) is 21.6 Å². The van der Waals surface area contributed by atoms with Gasteiger partial charge in [0.05, 0.1) is 11.3 Å². The van der Waals surface area contributed by atoms with Gasteiger partial charge < -0.3 is 0 Å². The van der Waals surface area contributed by atoms with Crippen molar-refractivity contribution < 1.29 is 0 Å². The third-order valence-corrected chi connectivity index (χ3v) is 3.35. The maximum absolute atomic E-state index is 11.7. The Balaban J connectivity index is 2.24. The number of hydrogen-bond donors (Lipinski definition) is 1. The van der Waals surface area contributed by atoms with Gasteiger partial charge in [0.1, 0.15) is 0 Å². The first-order chi connectivity index (χ1) is 6.33. The Labute approximate surface area is 81.5 Å². The topological polar surface area (TPSA) is 37.8 Å². The largest absolute Gasteiger partial charge is 0.299 e. The Morgan fingerprint density at radius 1 is 1.54 bits per heavy atom. The Morgan fingerprint density at radius 3 is 3.08 bits per heavy atom. The average molecular weight is 198 g/mol. The molecule has 1 aromatic heterocycles. The monoisotopic (exact) mass is 198 g/mol. The summed E-state index contributed by atoms with van der Waals surface area (Å²) in [6.45, 7) is 2.98. The second-order valence-electron chi connectivity index (χ2n) is 3.37. The highest BCUT2D eigenvalue weighted by molar-refractivity contribution is 7.98. The fourth-order valence-corrected chi connectivity index (χ4v) is 2.62. The number of aromatic nitrogens is 2. The summed E-state index contributed by atoms with van der Waals surface area (Å²) in [4.78, 5) is 11.7. The van der Waals surface area contributed by atoms with Crippen LogP contribution in [-0.4, -0.2) is 9.78 Å². The van der Waals surface area contributed by atoms with E-state index >= 15 is 0 Å². The minimum Gasteiger partial charge on any atom is -0.299 e. The first-order valence-electron chi connectivity index (χ1n) is 4.71. The average Bonchev–Trinajstić information content (AvgIpc) is 2.67. The fourth-order valence-electron chi connectivity index (χ4n) is 1.57. The summed E-state index contributed by atoms with van der Waals surface area (Å²) in [6.07, 6.45) is 2.21. The lowest BCUT2D eigenvalue weighted by Gasteiger charge is -1.99. The van der Waals surface area contributed by atoms with Crippen molar-refractivity contribution in [1.29, 1.82) is 0 Å². The number of nitrogens with zero attached hydrogens (tertiary/aromatic N) is 1. The standard InChI is InChI=1S/C9H14N2OS/c1-2-3-4-11-9(12)7-5-13-6-8(7)10-11/h10H,2-6H2,1H3. The zero-order chi connectivity index (χ0) is 9.26. The van der Waals surface area contributed by atoms with Gasteiger partial charge in [-0.25, -0.2) is 0 Å². The number of nitrogens with one attached hydrogen (secondary N) is 1. The van der Waals surface area contributed by atoms with Crippen LogP contribution in [0, 0.1) is 0 Å². The SMILES string of the molecule is CCCCn1[nH]c2c(c1=O)CSC2. The lowest BCUT2D eigenvalue weighted by molar-refractivity contribution is 0.553. The first kappa shape index (κ1) is 8.94. The molecule has 0 saturated carbocycles. The molecule has 0 bridgehead atoms. The molecule has 0 fully saturated rings. The normalized spacial score (nSPS) is 14.8. The van der Waals surface area contributed by atoms with Crippen molar-refractivity contribution in [2.75, 3.05) is 0 Å². The predicted molar refractivity (Wildman–Crippen MR) is 55.0 cm³/mol. The minimum absolute atomic E-state index is 0.202. The molecule has 13 heavy (non-hydrogen) atoms.